The van der Waals surface area contributed by atoms with Gasteiger partial charge < -0.3 is 4.57 Å². The highest BCUT2D eigenvalue weighted by Crippen LogP contribution is 2.24. The molecule has 27 heavy (non-hydrogen) atoms. The average Bonchev–Trinajstić information content (AvgIpc) is 2.89. The quantitative estimate of drug-likeness (QED) is 0.382. The molecule has 0 radical (unpaired) electrons. The van der Waals surface area contributed by atoms with Crippen LogP contribution < -0.4 is 5.32 Å². The molecular formula is C20H18FN3O2S. The van der Waals surface area contributed by atoms with Crippen LogP contribution >= 0.6 is 12.2 Å². The molecule has 2 heterocycles. The summed E-state index contributed by atoms with van der Waals surface area (Å²) in [4.78, 5) is 26.2. The molecule has 3 rings (SSSR count). The third-order valence-corrected chi connectivity index (χ3v) is 4.66. The fourth-order valence-electron chi connectivity index (χ4n) is 3.09. The number of carbonyl (C=O) groups excluding carboxylic acids is 2. The number of rotatable bonds is 4. The summed E-state index contributed by atoms with van der Waals surface area (Å²) in [6.45, 7) is 7.53. The van der Waals surface area contributed by atoms with Crippen molar-refractivity contribution in [2.75, 3.05) is 6.54 Å². The van der Waals surface area contributed by atoms with Crippen LogP contribution in [0.1, 0.15) is 17.0 Å². The van der Waals surface area contributed by atoms with Crippen molar-refractivity contribution in [2.24, 2.45) is 0 Å². The highest BCUT2D eigenvalue weighted by atomic mass is 32.1. The molecule has 1 saturated heterocycles. The van der Waals surface area contributed by atoms with Gasteiger partial charge in [-0.15, -0.1) is 6.58 Å². The zero-order valence-corrected chi connectivity index (χ0v) is 15.8. The van der Waals surface area contributed by atoms with Crippen LogP contribution in [0.25, 0.3) is 11.8 Å². The molecule has 1 aromatic carbocycles. The first-order valence-electron chi connectivity index (χ1n) is 8.28. The fourth-order valence-corrected chi connectivity index (χ4v) is 3.34. The van der Waals surface area contributed by atoms with E-state index in [1.54, 1.807) is 12.1 Å². The van der Waals surface area contributed by atoms with E-state index in [2.05, 4.69) is 11.9 Å². The van der Waals surface area contributed by atoms with Crippen LogP contribution in [0.4, 0.5) is 4.39 Å². The average molecular weight is 383 g/mol. The molecule has 0 saturated carbocycles. The second kappa shape index (κ2) is 7.28. The summed E-state index contributed by atoms with van der Waals surface area (Å²) in [5.74, 6) is -1.35. The van der Waals surface area contributed by atoms with Gasteiger partial charge in [-0.3, -0.25) is 19.8 Å². The van der Waals surface area contributed by atoms with E-state index < -0.39 is 11.8 Å². The van der Waals surface area contributed by atoms with Gasteiger partial charge in [0, 0.05) is 23.6 Å². The first-order chi connectivity index (χ1) is 12.8. The van der Waals surface area contributed by atoms with Crippen molar-refractivity contribution in [3.8, 4) is 5.69 Å². The number of hydrogen-bond donors (Lipinski definition) is 1. The number of amides is 2. The van der Waals surface area contributed by atoms with Crippen molar-refractivity contribution in [2.45, 2.75) is 13.8 Å². The summed E-state index contributed by atoms with van der Waals surface area (Å²) in [6.07, 6.45) is 3.07. The lowest BCUT2D eigenvalue weighted by molar-refractivity contribution is -0.128. The van der Waals surface area contributed by atoms with E-state index in [9.17, 15) is 14.0 Å². The molecule has 1 N–H and O–H groups in total. The lowest BCUT2D eigenvalue weighted by Gasteiger charge is -2.27. The molecule has 1 aromatic heterocycles. The number of halogens is 1. The maximum absolute atomic E-state index is 13.6. The number of nitrogens with zero attached hydrogens (tertiary/aromatic N) is 2. The number of aromatic nitrogens is 1. The van der Waals surface area contributed by atoms with E-state index in [1.165, 1.54) is 29.2 Å². The van der Waals surface area contributed by atoms with Crippen LogP contribution in [-0.4, -0.2) is 32.9 Å². The SMILES string of the molecule is C=CCN1C(=O)/C(=C/c2cc(C)n(-c3cccc(F)c3)c2C)C(=O)NC1=S. The molecule has 1 aliphatic heterocycles. The van der Waals surface area contributed by atoms with Crippen molar-refractivity contribution >= 4 is 35.2 Å². The zero-order valence-electron chi connectivity index (χ0n) is 15.0. The number of thiocarbonyl (C=S) groups is 1. The van der Waals surface area contributed by atoms with E-state index >= 15 is 0 Å². The van der Waals surface area contributed by atoms with Crippen molar-refractivity contribution in [1.29, 1.82) is 0 Å². The second-order valence-electron chi connectivity index (χ2n) is 6.16. The highest BCUT2D eigenvalue weighted by Gasteiger charge is 2.32. The Bertz CT molecular complexity index is 1010. The Morgan fingerprint density at radius 3 is 2.67 bits per heavy atom. The van der Waals surface area contributed by atoms with Gasteiger partial charge in [0.25, 0.3) is 11.8 Å². The van der Waals surface area contributed by atoms with E-state index in [0.717, 1.165) is 11.4 Å². The lowest BCUT2D eigenvalue weighted by Crippen LogP contribution is -2.53. The van der Waals surface area contributed by atoms with Crippen LogP contribution in [0.3, 0.4) is 0 Å². The molecule has 138 valence electrons. The van der Waals surface area contributed by atoms with E-state index in [1.807, 2.05) is 24.5 Å². The standard InChI is InChI=1S/C20H18FN3O2S/c1-4-8-23-19(26)17(18(25)22-20(23)27)10-14-9-12(2)24(13(14)3)16-7-5-6-15(21)11-16/h4-7,9-11H,1,8H2,2-3H3,(H,22,25,27)/b17-10+. The molecule has 2 amide bonds. The van der Waals surface area contributed by atoms with E-state index in [4.69, 9.17) is 12.2 Å². The molecule has 1 aliphatic rings. The first-order valence-corrected chi connectivity index (χ1v) is 8.69. The maximum atomic E-state index is 13.6. The van der Waals surface area contributed by atoms with Gasteiger partial charge in [0.1, 0.15) is 11.4 Å². The smallest absolute Gasteiger partial charge is 0.265 e. The van der Waals surface area contributed by atoms with Crippen molar-refractivity contribution < 1.29 is 14.0 Å². The molecule has 5 nitrogen and oxygen atoms in total. The Morgan fingerprint density at radius 2 is 2.00 bits per heavy atom. The molecule has 1 fully saturated rings. The minimum absolute atomic E-state index is 0.00931. The van der Waals surface area contributed by atoms with E-state index in [-0.39, 0.29) is 23.0 Å². The van der Waals surface area contributed by atoms with Crippen LogP contribution in [0, 0.1) is 19.7 Å². The van der Waals surface area contributed by atoms with E-state index in [0.29, 0.717) is 11.3 Å². The summed E-state index contributed by atoms with van der Waals surface area (Å²) < 4.78 is 15.5. The van der Waals surface area contributed by atoms with Crippen LogP contribution in [0.15, 0.2) is 48.6 Å². The molecular weight excluding hydrogens is 365 g/mol. The van der Waals surface area contributed by atoms with Gasteiger partial charge in [-0.2, -0.15) is 0 Å². The largest absolute Gasteiger partial charge is 0.318 e. The minimum atomic E-state index is -0.541. The maximum Gasteiger partial charge on any atom is 0.265 e. The summed E-state index contributed by atoms with van der Waals surface area (Å²) in [5, 5.41) is 2.58. The van der Waals surface area contributed by atoms with Crippen LogP contribution in [0.2, 0.25) is 0 Å². The molecule has 0 unspecified atom stereocenters. The van der Waals surface area contributed by atoms with Gasteiger partial charge in [-0.05, 0) is 62.0 Å². The molecule has 7 heteroatoms. The predicted octanol–water partition coefficient (Wildman–Crippen LogP) is 3.05. The van der Waals surface area contributed by atoms with Gasteiger partial charge >= 0.3 is 0 Å². The summed E-state index contributed by atoms with van der Waals surface area (Å²) >= 11 is 5.05. The first kappa shape index (κ1) is 18.7. The summed E-state index contributed by atoms with van der Waals surface area (Å²) in [7, 11) is 0. The lowest BCUT2D eigenvalue weighted by atomic mass is 10.1. The van der Waals surface area contributed by atoms with Crippen molar-refractivity contribution in [3.05, 3.63) is 71.3 Å². The van der Waals surface area contributed by atoms with Crippen molar-refractivity contribution in [1.82, 2.24) is 14.8 Å². The van der Waals surface area contributed by atoms with Crippen LogP contribution in [0.5, 0.6) is 0 Å². The molecule has 2 aromatic rings. The Labute approximate surface area is 161 Å². The number of aryl methyl sites for hydroxylation is 1. The third-order valence-electron chi connectivity index (χ3n) is 4.33. The normalized spacial score (nSPS) is 16.0. The van der Waals surface area contributed by atoms with Gasteiger partial charge in [0.2, 0.25) is 0 Å². The second-order valence-corrected chi connectivity index (χ2v) is 6.55. The number of hydrogen-bond acceptors (Lipinski definition) is 3. The Hall–Kier alpha value is -3.06. The van der Waals surface area contributed by atoms with Gasteiger partial charge in [0.05, 0.1) is 0 Å². The van der Waals surface area contributed by atoms with Crippen LogP contribution in [-0.2, 0) is 9.59 Å². The number of nitrogens with one attached hydrogen (secondary N) is 1. The van der Waals surface area contributed by atoms with Gasteiger partial charge in [-0.25, -0.2) is 4.39 Å². The fraction of sp³-hybridized carbons (Fsp3) is 0.150. The Kier molecular flexibility index (Phi) is 5.05. The summed E-state index contributed by atoms with van der Waals surface area (Å²) in [5.41, 5.74) is 3.00. The van der Waals surface area contributed by atoms with Gasteiger partial charge in [-0.1, -0.05) is 12.1 Å². The molecule has 0 aliphatic carbocycles. The van der Waals surface area contributed by atoms with Gasteiger partial charge in [0.15, 0.2) is 5.11 Å². The van der Waals surface area contributed by atoms with Crippen molar-refractivity contribution in [3.63, 3.8) is 0 Å². The topological polar surface area (TPSA) is 54.3 Å². The molecule has 0 atom stereocenters. The number of carbonyl (C=O) groups is 2. The Balaban J connectivity index is 2.06. The molecule has 0 spiro atoms. The monoisotopic (exact) mass is 383 g/mol. The predicted molar refractivity (Wildman–Crippen MR) is 106 cm³/mol. The highest BCUT2D eigenvalue weighted by molar-refractivity contribution is 7.80. The minimum Gasteiger partial charge on any atom is -0.318 e. The zero-order chi connectivity index (χ0) is 19.7. The number of benzene rings is 1. The Morgan fingerprint density at radius 1 is 1.26 bits per heavy atom. The third kappa shape index (κ3) is 3.46. The summed E-state index contributed by atoms with van der Waals surface area (Å²) in [6, 6.07) is 8.08. The molecule has 0 bridgehead atoms.